The molecular formula is C37H44N4. The number of aromatic nitrogens is 2. The van der Waals surface area contributed by atoms with Crippen LogP contribution in [0.25, 0.3) is 23.4 Å². The van der Waals surface area contributed by atoms with Gasteiger partial charge in [0.05, 0.1) is 5.69 Å². The van der Waals surface area contributed by atoms with Gasteiger partial charge in [-0.15, -0.1) is 0 Å². The molecule has 1 aliphatic carbocycles. The van der Waals surface area contributed by atoms with Crippen molar-refractivity contribution in [1.82, 2.24) is 9.78 Å². The number of benzene rings is 3. The zero-order valence-electron chi connectivity index (χ0n) is 24.7. The fourth-order valence-electron chi connectivity index (χ4n) is 5.10. The Bertz CT molecular complexity index is 1480. The fraction of sp³-hybridized carbons (Fsp3) is 0.297. The van der Waals surface area contributed by atoms with E-state index in [1.807, 2.05) is 35.9 Å². The number of nitrogens with one attached hydrogen (secondary N) is 2. The molecule has 1 aromatic heterocycles. The molecule has 0 atom stereocenters. The van der Waals surface area contributed by atoms with Crippen LogP contribution in [-0.4, -0.2) is 9.78 Å². The van der Waals surface area contributed by atoms with Crippen LogP contribution in [0.5, 0.6) is 0 Å². The summed E-state index contributed by atoms with van der Waals surface area (Å²) in [5.41, 5.74) is 9.93. The van der Waals surface area contributed by atoms with Gasteiger partial charge in [0.2, 0.25) is 0 Å². The van der Waals surface area contributed by atoms with Gasteiger partial charge in [-0.1, -0.05) is 124 Å². The molecular weight excluding hydrogens is 500 g/mol. The molecule has 0 spiro atoms. The summed E-state index contributed by atoms with van der Waals surface area (Å²) >= 11 is 0. The van der Waals surface area contributed by atoms with Crippen LogP contribution in [0.1, 0.15) is 74.6 Å². The van der Waals surface area contributed by atoms with Crippen LogP contribution in [0.4, 0.5) is 5.69 Å². The van der Waals surface area contributed by atoms with Crippen LogP contribution < -0.4 is 10.8 Å². The molecule has 41 heavy (non-hydrogen) atoms. The molecule has 0 saturated carbocycles. The van der Waals surface area contributed by atoms with Gasteiger partial charge in [0.25, 0.3) is 0 Å². The highest BCUT2D eigenvalue weighted by atomic mass is 15.3. The first-order valence-electron chi connectivity index (χ1n) is 15.0. The molecule has 0 saturated heterocycles. The van der Waals surface area contributed by atoms with Crippen molar-refractivity contribution in [2.75, 3.05) is 5.32 Å². The van der Waals surface area contributed by atoms with Crippen molar-refractivity contribution in [3.8, 4) is 11.3 Å². The van der Waals surface area contributed by atoms with E-state index in [0.717, 1.165) is 42.9 Å². The molecule has 0 unspecified atom stereocenters. The van der Waals surface area contributed by atoms with E-state index in [4.69, 9.17) is 10.5 Å². The third-order valence-electron chi connectivity index (χ3n) is 7.31. The van der Waals surface area contributed by atoms with Gasteiger partial charge in [-0.2, -0.15) is 5.10 Å². The minimum absolute atomic E-state index is 0.552. The fourth-order valence-corrected chi connectivity index (χ4v) is 5.10. The van der Waals surface area contributed by atoms with E-state index >= 15 is 0 Å². The summed E-state index contributed by atoms with van der Waals surface area (Å²) in [5, 5.41) is 16.2. The first-order valence-corrected chi connectivity index (χ1v) is 15.0. The van der Waals surface area contributed by atoms with Crippen molar-refractivity contribution in [1.29, 1.82) is 5.41 Å². The number of aryl methyl sites for hydroxylation is 3. The van der Waals surface area contributed by atoms with E-state index in [1.165, 1.54) is 59.9 Å². The van der Waals surface area contributed by atoms with Crippen molar-refractivity contribution < 1.29 is 0 Å². The molecule has 1 aliphatic rings. The molecule has 0 aliphatic heterocycles. The smallest absolute Gasteiger partial charge is 0.141 e. The molecule has 2 N–H and O–H groups in total. The van der Waals surface area contributed by atoms with E-state index in [2.05, 4.69) is 91.6 Å². The standard InChI is InChI=1S/C20H27N3.C17H17N/c1-2-3-4-5-6-9-14-23-19(21)15-17-13-12-16-10-7-8-11-18(16)20(17)22-23;1-14(2)18-17-12-10-16(11-13-17)9-8-15-6-4-3-5-7-15/h7-8,10-11,15,21H,2-6,9,12-14H2,1H3;3-13,18H,1H2,2H3/b;9-8+. The van der Waals surface area contributed by atoms with Crippen molar-refractivity contribution >= 4 is 17.8 Å². The Kier molecular flexibility index (Phi) is 11.3. The van der Waals surface area contributed by atoms with Gasteiger partial charge in [-0.3, -0.25) is 5.41 Å². The number of fused-ring (bicyclic) bond motifs is 3. The second kappa shape index (κ2) is 15.6. The minimum atomic E-state index is 0.552. The second-order valence-electron chi connectivity index (χ2n) is 10.8. The highest BCUT2D eigenvalue weighted by Crippen LogP contribution is 2.30. The molecule has 0 fully saturated rings. The summed E-state index contributed by atoms with van der Waals surface area (Å²) in [5.74, 6) is 0. The lowest BCUT2D eigenvalue weighted by Crippen LogP contribution is -2.25. The summed E-state index contributed by atoms with van der Waals surface area (Å²) in [6, 6.07) is 29.2. The van der Waals surface area contributed by atoms with Gasteiger partial charge < -0.3 is 5.32 Å². The SMILES string of the molecule is C=C(C)Nc1ccc(/C=C/c2ccccc2)cc1.CCCCCCCCn1nc2c(cc1=N)CCc1ccccc1-2. The summed E-state index contributed by atoms with van der Waals surface area (Å²) in [6.07, 6.45) is 13.9. The molecule has 1 heterocycles. The molecule has 3 aromatic carbocycles. The highest BCUT2D eigenvalue weighted by Gasteiger charge is 2.18. The van der Waals surface area contributed by atoms with Crippen LogP contribution in [0.3, 0.4) is 0 Å². The molecule has 0 amide bonds. The first kappa shape index (κ1) is 29.8. The number of hydrogen-bond acceptors (Lipinski definition) is 3. The van der Waals surface area contributed by atoms with Gasteiger partial charge in [-0.25, -0.2) is 4.68 Å². The van der Waals surface area contributed by atoms with Crippen molar-refractivity contribution in [3.63, 3.8) is 0 Å². The van der Waals surface area contributed by atoms with E-state index in [0.29, 0.717) is 5.49 Å². The molecule has 212 valence electrons. The maximum Gasteiger partial charge on any atom is 0.141 e. The molecule has 4 aromatic rings. The van der Waals surface area contributed by atoms with E-state index < -0.39 is 0 Å². The lowest BCUT2D eigenvalue weighted by atomic mass is 9.89. The molecule has 4 heteroatoms. The zero-order valence-corrected chi connectivity index (χ0v) is 24.7. The summed E-state index contributed by atoms with van der Waals surface area (Å²) in [4.78, 5) is 0. The maximum atomic E-state index is 8.24. The average Bonchev–Trinajstić information content (AvgIpc) is 2.99. The number of rotatable bonds is 11. The van der Waals surface area contributed by atoms with Gasteiger partial charge in [0, 0.05) is 23.5 Å². The summed E-state index contributed by atoms with van der Waals surface area (Å²) in [6.45, 7) is 8.88. The van der Waals surface area contributed by atoms with Crippen LogP contribution in [-0.2, 0) is 19.4 Å². The predicted molar refractivity (Wildman–Crippen MR) is 175 cm³/mol. The van der Waals surface area contributed by atoms with Crippen LogP contribution in [0, 0.1) is 5.41 Å². The number of nitrogens with zero attached hydrogens (tertiary/aromatic N) is 2. The Morgan fingerprint density at radius 2 is 1.46 bits per heavy atom. The Morgan fingerprint density at radius 3 is 2.20 bits per heavy atom. The van der Waals surface area contributed by atoms with Gasteiger partial charge in [0.15, 0.2) is 0 Å². The summed E-state index contributed by atoms with van der Waals surface area (Å²) < 4.78 is 1.89. The van der Waals surface area contributed by atoms with E-state index in [9.17, 15) is 0 Å². The van der Waals surface area contributed by atoms with Gasteiger partial charge >= 0.3 is 0 Å². The van der Waals surface area contributed by atoms with Crippen molar-refractivity contribution in [2.45, 2.75) is 71.8 Å². The van der Waals surface area contributed by atoms with Crippen LogP contribution in [0.15, 0.2) is 97.2 Å². The largest absolute Gasteiger partial charge is 0.360 e. The first-order chi connectivity index (χ1) is 20.0. The highest BCUT2D eigenvalue weighted by molar-refractivity contribution is 5.70. The maximum absolute atomic E-state index is 8.24. The average molecular weight is 545 g/mol. The van der Waals surface area contributed by atoms with Crippen LogP contribution >= 0.6 is 0 Å². The molecule has 0 radical (unpaired) electrons. The number of allylic oxidation sites excluding steroid dienone is 1. The Labute approximate surface area is 246 Å². The number of hydrogen-bond donors (Lipinski definition) is 2. The normalized spacial score (nSPS) is 11.8. The minimum Gasteiger partial charge on any atom is -0.360 e. The second-order valence-corrected chi connectivity index (χ2v) is 10.8. The molecule has 4 nitrogen and oxygen atoms in total. The lowest BCUT2D eigenvalue weighted by molar-refractivity contribution is 0.501. The Morgan fingerprint density at radius 1 is 0.829 bits per heavy atom. The van der Waals surface area contributed by atoms with Gasteiger partial charge in [0.1, 0.15) is 5.49 Å². The quantitative estimate of drug-likeness (QED) is 0.146. The van der Waals surface area contributed by atoms with Crippen molar-refractivity contribution in [2.24, 2.45) is 0 Å². The predicted octanol–water partition coefficient (Wildman–Crippen LogP) is 9.29. The lowest BCUT2D eigenvalue weighted by Gasteiger charge is -2.20. The third kappa shape index (κ3) is 9.18. The molecule has 0 bridgehead atoms. The van der Waals surface area contributed by atoms with Gasteiger partial charge in [-0.05, 0) is 66.6 Å². The van der Waals surface area contributed by atoms with E-state index in [-0.39, 0.29) is 0 Å². The third-order valence-corrected chi connectivity index (χ3v) is 7.31. The number of anilines is 1. The number of unbranched alkanes of at least 4 members (excludes halogenated alkanes) is 5. The van der Waals surface area contributed by atoms with E-state index in [1.54, 1.807) is 0 Å². The topological polar surface area (TPSA) is 53.7 Å². The monoisotopic (exact) mass is 544 g/mol. The summed E-state index contributed by atoms with van der Waals surface area (Å²) in [7, 11) is 0. The Balaban J connectivity index is 0.000000195. The van der Waals surface area contributed by atoms with Crippen LogP contribution in [0.2, 0.25) is 0 Å². The molecule has 5 rings (SSSR count). The zero-order chi connectivity index (χ0) is 28.9. The Hall–Kier alpha value is -4.18. The van der Waals surface area contributed by atoms with Crippen molar-refractivity contribution in [3.05, 3.63) is 125 Å².